The molecule has 0 aliphatic carbocycles. The molecule has 0 saturated heterocycles. The van der Waals surface area contributed by atoms with Crippen LogP contribution in [0.2, 0.25) is 0 Å². The van der Waals surface area contributed by atoms with Gasteiger partial charge in [-0.3, -0.25) is 0 Å². The summed E-state index contributed by atoms with van der Waals surface area (Å²) >= 11 is 3.35. The fourth-order valence-corrected chi connectivity index (χ4v) is 3.94. The highest BCUT2D eigenvalue weighted by Gasteiger charge is 2.21. The molecule has 0 bridgehead atoms. The minimum absolute atomic E-state index is 0.0936. The molecule has 1 aromatic carbocycles. The lowest BCUT2D eigenvalue weighted by Gasteiger charge is -2.09. The van der Waals surface area contributed by atoms with E-state index in [9.17, 15) is 8.42 Å². The summed E-state index contributed by atoms with van der Waals surface area (Å²) in [4.78, 5) is 11.1. The quantitative estimate of drug-likeness (QED) is 0.613. The number of fused-ring (bicyclic) bond motifs is 1. The van der Waals surface area contributed by atoms with Gasteiger partial charge in [0.1, 0.15) is 4.90 Å². The Morgan fingerprint density at radius 3 is 2.96 bits per heavy atom. The van der Waals surface area contributed by atoms with Crippen molar-refractivity contribution in [2.75, 3.05) is 11.8 Å². The molecule has 0 amide bonds. The maximum Gasteiger partial charge on any atom is 0.266 e. The predicted octanol–water partition coefficient (Wildman–Crippen LogP) is 2.99. The Bertz CT molecular complexity index is 1100. The number of nitrogens with zero attached hydrogens (tertiary/aromatic N) is 3. The number of nitriles is 1. The molecule has 8 nitrogen and oxygen atoms in total. The Hall–Kier alpha value is -2.64. The lowest BCUT2D eigenvalue weighted by Crippen LogP contribution is -2.15. The van der Waals surface area contributed by atoms with E-state index in [0.29, 0.717) is 22.9 Å². The van der Waals surface area contributed by atoms with Crippen molar-refractivity contribution in [2.24, 2.45) is 0 Å². The third kappa shape index (κ3) is 3.63. The van der Waals surface area contributed by atoms with E-state index < -0.39 is 10.0 Å². The van der Waals surface area contributed by atoms with Crippen LogP contribution in [0, 0.1) is 11.3 Å². The van der Waals surface area contributed by atoms with Crippen molar-refractivity contribution in [3.05, 3.63) is 40.6 Å². The van der Waals surface area contributed by atoms with Crippen LogP contribution in [0.15, 0.2) is 40.0 Å². The summed E-state index contributed by atoms with van der Waals surface area (Å²) < 4.78 is 33.8. The molecule has 0 fully saturated rings. The average Bonchev–Trinajstić information content (AvgIpc) is 3.04. The zero-order valence-corrected chi connectivity index (χ0v) is 16.1. The lowest BCUT2D eigenvalue weighted by molar-refractivity contribution is 0.392. The second-order valence-corrected chi connectivity index (χ2v) is 7.90. The number of halogens is 1. The second-order valence-electron chi connectivity index (χ2n) is 5.33. The van der Waals surface area contributed by atoms with Crippen molar-refractivity contribution >= 4 is 42.8 Å². The molecule has 0 radical (unpaired) electrons. The molecule has 0 atom stereocenters. The Kier molecular flexibility index (Phi) is 5.11. The van der Waals surface area contributed by atoms with Gasteiger partial charge in [0, 0.05) is 39.8 Å². The summed E-state index contributed by atoms with van der Waals surface area (Å²) in [5.74, 6) is 0.129. The van der Waals surface area contributed by atoms with Gasteiger partial charge in [-0.15, -0.1) is 0 Å². The van der Waals surface area contributed by atoms with Crippen molar-refractivity contribution < 1.29 is 13.2 Å². The maximum absolute atomic E-state index is 12.7. The van der Waals surface area contributed by atoms with Gasteiger partial charge in [-0.05, 0) is 18.6 Å². The minimum Gasteiger partial charge on any atom is -0.481 e. The van der Waals surface area contributed by atoms with E-state index in [1.807, 2.05) is 6.07 Å². The molecule has 0 spiro atoms. The summed E-state index contributed by atoms with van der Waals surface area (Å²) in [7, 11) is -2.47. The van der Waals surface area contributed by atoms with Crippen LogP contribution in [0.5, 0.6) is 5.88 Å². The molecule has 0 aliphatic heterocycles. The highest BCUT2D eigenvalue weighted by molar-refractivity contribution is 9.10. The van der Waals surface area contributed by atoms with Gasteiger partial charge >= 0.3 is 0 Å². The van der Waals surface area contributed by atoms with Crippen LogP contribution >= 0.6 is 15.9 Å². The van der Waals surface area contributed by atoms with Gasteiger partial charge < -0.3 is 9.72 Å². The third-order valence-electron chi connectivity index (χ3n) is 3.65. The molecule has 3 rings (SSSR count). The second kappa shape index (κ2) is 7.31. The number of sulfonamides is 1. The van der Waals surface area contributed by atoms with E-state index in [4.69, 9.17) is 10.00 Å². The number of ether oxygens (including phenoxy) is 1. The first-order chi connectivity index (χ1) is 12.4. The number of benzene rings is 1. The van der Waals surface area contributed by atoms with Crippen LogP contribution in [0.1, 0.15) is 12.0 Å². The van der Waals surface area contributed by atoms with Crippen molar-refractivity contribution in [3.63, 3.8) is 0 Å². The average molecular weight is 436 g/mol. The number of anilines is 1. The van der Waals surface area contributed by atoms with E-state index in [-0.39, 0.29) is 23.1 Å². The van der Waals surface area contributed by atoms with Crippen LogP contribution in [0.25, 0.3) is 10.9 Å². The Labute approximate surface area is 158 Å². The number of aryl methyl sites for hydroxylation is 1. The van der Waals surface area contributed by atoms with Crippen molar-refractivity contribution in [2.45, 2.75) is 17.7 Å². The fourth-order valence-electron chi connectivity index (χ4n) is 2.45. The molecule has 2 aromatic heterocycles. The number of rotatable bonds is 6. The van der Waals surface area contributed by atoms with E-state index >= 15 is 0 Å². The number of methoxy groups -OCH3 is 1. The van der Waals surface area contributed by atoms with Gasteiger partial charge in [-0.1, -0.05) is 22.0 Å². The van der Waals surface area contributed by atoms with Crippen molar-refractivity contribution in [1.82, 2.24) is 15.0 Å². The molecule has 0 aliphatic rings. The monoisotopic (exact) mass is 435 g/mol. The number of aromatic amines is 1. The summed E-state index contributed by atoms with van der Waals surface area (Å²) in [6.07, 6.45) is 3.57. The highest BCUT2D eigenvalue weighted by atomic mass is 79.9. The summed E-state index contributed by atoms with van der Waals surface area (Å²) in [6.45, 7) is 0. The van der Waals surface area contributed by atoms with Gasteiger partial charge in [-0.25, -0.2) is 18.1 Å². The molecule has 2 heterocycles. The minimum atomic E-state index is -3.89. The van der Waals surface area contributed by atoms with Gasteiger partial charge in [0.2, 0.25) is 11.8 Å². The molecular weight excluding hydrogens is 422 g/mol. The summed E-state index contributed by atoms with van der Waals surface area (Å²) in [6, 6.07) is 7.29. The molecule has 2 N–H and O–H groups in total. The van der Waals surface area contributed by atoms with Crippen LogP contribution in [-0.4, -0.2) is 30.5 Å². The van der Waals surface area contributed by atoms with Gasteiger partial charge in [0.15, 0.2) is 0 Å². The smallest absolute Gasteiger partial charge is 0.266 e. The molecule has 26 heavy (non-hydrogen) atoms. The fraction of sp³-hybridized carbons (Fsp3) is 0.188. The zero-order valence-electron chi connectivity index (χ0n) is 13.7. The van der Waals surface area contributed by atoms with E-state index in [1.54, 1.807) is 18.2 Å². The van der Waals surface area contributed by atoms with Crippen molar-refractivity contribution in [3.8, 4) is 11.9 Å². The number of nitrogens with one attached hydrogen (secondary N) is 2. The SMILES string of the molecule is COc1nc(NS(=O)(=O)c2c[nH]c3cc(Br)ccc23)ncc1CCC#N. The van der Waals surface area contributed by atoms with Crippen LogP contribution in [-0.2, 0) is 16.4 Å². The van der Waals surface area contributed by atoms with Crippen LogP contribution in [0.4, 0.5) is 5.95 Å². The lowest BCUT2D eigenvalue weighted by atomic mass is 10.2. The van der Waals surface area contributed by atoms with Gasteiger partial charge in [0.25, 0.3) is 10.0 Å². The maximum atomic E-state index is 12.7. The first kappa shape index (κ1) is 18.2. The molecule has 3 aromatic rings. The van der Waals surface area contributed by atoms with E-state index in [1.165, 1.54) is 19.5 Å². The van der Waals surface area contributed by atoms with E-state index in [2.05, 4.69) is 35.6 Å². The van der Waals surface area contributed by atoms with Crippen LogP contribution < -0.4 is 9.46 Å². The molecular formula is C16H14BrN5O3S. The van der Waals surface area contributed by atoms with Crippen LogP contribution in [0.3, 0.4) is 0 Å². The molecule has 134 valence electrons. The molecule has 0 saturated carbocycles. The zero-order chi connectivity index (χ0) is 18.7. The van der Waals surface area contributed by atoms with Gasteiger partial charge in [0.05, 0.1) is 13.2 Å². The molecule has 10 heteroatoms. The number of H-pyrrole nitrogens is 1. The summed E-state index contributed by atoms with van der Waals surface area (Å²) in [5, 5.41) is 9.23. The third-order valence-corrected chi connectivity index (χ3v) is 5.51. The topological polar surface area (TPSA) is 121 Å². The highest BCUT2D eigenvalue weighted by Crippen LogP contribution is 2.27. The summed E-state index contributed by atoms with van der Waals surface area (Å²) in [5.41, 5.74) is 1.32. The van der Waals surface area contributed by atoms with Gasteiger partial charge in [-0.2, -0.15) is 10.2 Å². The number of aromatic nitrogens is 3. The Morgan fingerprint density at radius 2 is 2.23 bits per heavy atom. The van der Waals surface area contributed by atoms with Crippen molar-refractivity contribution in [1.29, 1.82) is 5.26 Å². The first-order valence-electron chi connectivity index (χ1n) is 7.51. The normalized spacial score (nSPS) is 11.3. The first-order valence-corrected chi connectivity index (χ1v) is 9.78. The Morgan fingerprint density at radius 1 is 1.42 bits per heavy atom. The van der Waals surface area contributed by atoms with E-state index in [0.717, 1.165) is 4.47 Å². The molecule has 0 unspecified atom stereocenters. The Balaban J connectivity index is 1.93. The largest absolute Gasteiger partial charge is 0.481 e. The predicted molar refractivity (Wildman–Crippen MR) is 99.3 cm³/mol. The standard InChI is InChI=1S/C16H14BrN5O3S/c1-25-15-10(3-2-6-18)8-20-16(21-15)22-26(23,24)14-9-19-13-7-11(17)4-5-12(13)14/h4-5,7-9,19H,2-3H2,1H3,(H,20,21,22). The number of hydrogen-bond acceptors (Lipinski definition) is 6. The number of hydrogen-bond donors (Lipinski definition) is 2.